The first-order valence-electron chi connectivity index (χ1n) is 12.3. The third-order valence-electron chi connectivity index (χ3n) is 7.22. The van der Waals surface area contributed by atoms with Crippen molar-refractivity contribution >= 4 is 17.3 Å². The van der Waals surface area contributed by atoms with Crippen molar-refractivity contribution < 1.29 is 18.3 Å². The highest BCUT2D eigenvalue weighted by Gasteiger charge is 2.36. The minimum absolute atomic E-state index is 0.128. The average molecular weight is 493 g/mol. The molecule has 1 aromatic carbocycles. The molecule has 188 valence electrons. The van der Waals surface area contributed by atoms with Gasteiger partial charge in [0.1, 0.15) is 5.69 Å². The number of amides is 1. The minimum Gasteiger partial charge on any atom is -0.377 e. The molecule has 5 rings (SSSR count). The maximum absolute atomic E-state index is 13.7. The highest BCUT2D eigenvalue weighted by atomic mass is 19.3. The van der Waals surface area contributed by atoms with Gasteiger partial charge in [-0.2, -0.15) is 8.78 Å². The van der Waals surface area contributed by atoms with E-state index in [1.807, 2.05) is 31.3 Å². The Balaban J connectivity index is 1.43. The molecule has 0 aliphatic carbocycles. The number of hydrogen-bond acceptors (Lipinski definition) is 5. The summed E-state index contributed by atoms with van der Waals surface area (Å²) in [5.74, 6) is -3.07. The van der Waals surface area contributed by atoms with Gasteiger partial charge in [-0.15, -0.1) is 0 Å². The van der Waals surface area contributed by atoms with E-state index in [0.717, 1.165) is 67.1 Å². The molecule has 1 saturated heterocycles. The molecule has 0 bridgehead atoms. The van der Waals surface area contributed by atoms with Crippen LogP contribution in [0, 0.1) is 12.8 Å². The van der Waals surface area contributed by atoms with Crippen LogP contribution in [-0.4, -0.2) is 41.7 Å². The Hall–Kier alpha value is -3.39. The number of fused-ring (bicyclic) bond motifs is 3. The third-order valence-corrected chi connectivity index (χ3v) is 7.22. The van der Waals surface area contributed by atoms with Gasteiger partial charge in [-0.1, -0.05) is 19.4 Å². The van der Waals surface area contributed by atoms with Gasteiger partial charge < -0.3 is 15.0 Å². The molecule has 2 aromatic heterocycles. The summed E-state index contributed by atoms with van der Waals surface area (Å²) in [6.45, 7) is 7.29. The summed E-state index contributed by atoms with van der Waals surface area (Å²) in [6, 6.07) is 10.8. The Kier molecular flexibility index (Phi) is 6.47. The predicted octanol–water partition coefficient (Wildman–Crippen LogP) is 5.60. The van der Waals surface area contributed by atoms with E-state index in [1.165, 1.54) is 12.3 Å². The number of ether oxygens (including phenoxy) is 1. The highest BCUT2D eigenvalue weighted by Crippen LogP contribution is 2.38. The first-order chi connectivity index (χ1) is 17.2. The molecule has 1 amide bonds. The number of nitrogens with one attached hydrogen (secondary N) is 1. The van der Waals surface area contributed by atoms with Crippen LogP contribution < -0.4 is 10.2 Å². The zero-order chi connectivity index (χ0) is 25.4. The molecule has 4 heterocycles. The number of hydrogen-bond donors (Lipinski definition) is 1. The van der Waals surface area contributed by atoms with Crippen molar-refractivity contribution in [3.63, 3.8) is 0 Å². The van der Waals surface area contributed by atoms with Gasteiger partial charge >= 0.3 is 0 Å². The molecule has 3 aromatic rings. The number of anilines is 2. The Labute approximate surface area is 209 Å². The van der Waals surface area contributed by atoms with Gasteiger partial charge in [0.05, 0.1) is 30.6 Å². The summed E-state index contributed by atoms with van der Waals surface area (Å²) in [7, 11) is 0. The summed E-state index contributed by atoms with van der Waals surface area (Å²) in [4.78, 5) is 23.8. The normalized spacial score (nSPS) is 19.4. The topological polar surface area (TPSA) is 67.4 Å². The van der Waals surface area contributed by atoms with E-state index in [4.69, 9.17) is 9.72 Å². The van der Waals surface area contributed by atoms with E-state index in [1.54, 1.807) is 0 Å². The van der Waals surface area contributed by atoms with Crippen molar-refractivity contribution in [1.82, 2.24) is 9.97 Å². The number of morpholine rings is 1. The van der Waals surface area contributed by atoms with E-state index in [0.29, 0.717) is 24.3 Å². The van der Waals surface area contributed by atoms with Gasteiger partial charge in [0.15, 0.2) is 0 Å². The monoisotopic (exact) mass is 492 g/mol. The molecule has 0 radical (unpaired) electrons. The Morgan fingerprint density at radius 3 is 2.83 bits per heavy atom. The number of alkyl halides is 2. The Morgan fingerprint density at radius 2 is 2.06 bits per heavy atom. The van der Waals surface area contributed by atoms with Crippen molar-refractivity contribution in [2.45, 2.75) is 45.6 Å². The number of pyridine rings is 2. The van der Waals surface area contributed by atoms with Gasteiger partial charge in [0.2, 0.25) is 0 Å². The number of halogens is 2. The third kappa shape index (κ3) is 4.69. The number of nitrogens with zero attached hydrogens (tertiary/aromatic N) is 3. The molecule has 6 nitrogen and oxygen atoms in total. The minimum atomic E-state index is -3.12. The molecule has 2 atom stereocenters. The fourth-order valence-electron chi connectivity index (χ4n) is 5.17. The van der Waals surface area contributed by atoms with Crippen LogP contribution in [0.15, 0.2) is 48.8 Å². The first-order valence-corrected chi connectivity index (χ1v) is 12.3. The zero-order valence-corrected chi connectivity index (χ0v) is 20.7. The van der Waals surface area contributed by atoms with Gasteiger partial charge in [-0.3, -0.25) is 14.8 Å². The van der Waals surface area contributed by atoms with Crippen LogP contribution in [0.4, 0.5) is 20.2 Å². The number of rotatable bonds is 5. The molecule has 0 spiro atoms. The van der Waals surface area contributed by atoms with Gasteiger partial charge in [-0.05, 0) is 60.7 Å². The van der Waals surface area contributed by atoms with Crippen molar-refractivity contribution in [3.8, 4) is 11.1 Å². The van der Waals surface area contributed by atoms with Crippen molar-refractivity contribution in [3.05, 3.63) is 71.3 Å². The lowest BCUT2D eigenvalue weighted by atomic mass is 9.85. The number of benzene rings is 1. The second-order valence-electron chi connectivity index (χ2n) is 9.70. The van der Waals surface area contributed by atoms with Crippen LogP contribution in [0.25, 0.3) is 11.1 Å². The Morgan fingerprint density at radius 1 is 1.22 bits per heavy atom. The number of carbonyl (C=O) groups excluding carboxylic acids is 1. The van der Waals surface area contributed by atoms with Crippen molar-refractivity contribution in [2.75, 3.05) is 30.0 Å². The zero-order valence-electron chi connectivity index (χ0n) is 20.7. The quantitative estimate of drug-likeness (QED) is 0.502. The molecule has 2 unspecified atom stereocenters. The standard InChI is InChI=1S/C28H30F2N4O2/c1-4-18-11-23-24(34-9-10-36-16-25(18)34)12-20(15-32-23)22-14-21(6-5-17(22)2)33-27(35)19-7-8-31-26(13-19)28(3,29)30/h5-8,12-15,18,25H,4,9-11,16H2,1-3H3,(H,33,35). The highest BCUT2D eigenvalue weighted by molar-refractivity contribution is 6.04. The van der Waals surface area contributed by atoms with Crippen LogP contribution in [0.1, 0.15) is 47.6 Å². The molecule has 36 heavy (non-hydrogen) atoms. The molecule has 2 aliphatic heterocycles. The molecular weight excluding hydrogens is 462 g/mol. The Bertz CT molecular complexity index is 1290. The smallest absolute Gasteiger partial charge is 0.286 e. The lowest BCUT2D eigenvalue weighted by Crippen LogP contribution is -2.53. The molecule has 1 fully saturated rings. The summed E-state index contributed by atoms with van der Waals surface area (Å²) in [5.41, 5.74) is 5.52. The fraction of sp³-hybridized carbons (Fsp3) is 0.393. The van der Waals surface area contributed by atoms with Gasteiger partial charge in [-0.25, -0.2) is 0 Å². The lowest BCUT2D eigenvalue weighted by molar-refractivity contribution is 0.0127. The van der Waals surface area contributed by atoms with Gasteiger partial charge in [0, 0.05) is 42.7 Å². The molecule has 1 N–H and O–H groups in total. The summed E-state index contributed by atoms with van der Waals surface area (Å²) >= 11 is 0. The van der Waals surface area contributed by atoms with Crippen LogP contribution in [-0.2, 0) is 17.1 Å². The number of carbonyl (C=O) groups is 1. The molecular formula is C28H30F2N4O2. The van der Waals surface area contributed by atoms with E-state index in [2.05, 4.69) is 28.2 Å². The SMILES string of the molecule is CCC1Cc2ncc(-c3cc(NC(=O)c4ccnc(C(C)(F)F)c4)ccc3C)cc2N2CCOCC12. The van der Waals surface area contributed by atoms with Crippen molar-refractivity contribution in [1.29, 1.82) is 0 Å². The number of aryl methyl sites for hydroxylation is 1. The molecule has 8 heteroatoms. The second kappa shape index (κ2) is 9.58. The average Bonchev–Trinajstić information content (AvgIpc) is 2.88. The van der Waals surface area contributed by atoms with E-state index < -0.39 is 17.5 Å². The maximum atomic E-state index is 13.7. The first kappa shape index (κ1) is 24.3. The van der Waals surface area contributed by atoms with Crippen LogP contribution in [0.5, 0.6) is 0 Å². The van der Waals surface area contributed by atoms with E-state index in [-0.39, 0.29) is 5.56 Å². The number of aromatic nitrogens is 2. The second-order valence-corrected chi connectivity index (χ2v) is 9.70. The summed E-state index contributed by atoms with van der Waals surface area (Å²) in [5, 5.41) is 2.84. The van der Waals surface area contributed by atoms with E-state index >= 15 is 0 Å². The molecule has 2 aliphatic rings. The lowest BCUT2D eigenvalue weighted by Gasteiger charge is -2.45. The fourth-order valence-corrected chi connectivity index (χ4v) is 5.17. The van der Waals surface area contributed by atoms with Crippen LogP contribution in [0.3, 0.4) is 0 Å². The predicted molar refractivity (Wildman–Crippen MR) is 136 cm³/mol. The van der Waals surface area contributed by atoms with Gasteiger partial charge in [0.25, 0.3) is 11.8 Å². The summed E-state index contributed by atoms with van der Waals surface area (Å²) in [6.07, 6.45) is 5.15. The molecule has 0 saturated carbocycles. The largest absolute Gasteiger partial charge is 0.377 e. The van der Waals surface area contributed by atoms with Crippen molar-refractivity contribution in [2.24, 2.45) is 5.92 Å². The maximum Gasteiger partial charge on any atom is 0.286 e. The van der Waals surface area contributed by atoms with Crippen LogP contribution in [0.2, 0.25) is 0 Å². The summed E-state index contributed by atoms with van der Waals surface area (Å²) < 4.78 is 33.1. The van der Waals surface area contributed by atoms with Crippen LogP contribution >= 0.6 is 0 Å². The van der Waals surface area contributed by atoms with E-state index in [9.17, 15) is 13.6 Å².